The molecule has 4 heteroatoms. The Balaban J connectivity index is 2.65. The van der Waals surface area contributed by atoms with Gasteiger partial charge in [-0.2, -0.15) is 0 Å². The number of aromatic nitrogens is 4. The number of pyridine rings is 1. The Morgan fingerprint density at radius 3 is 3.08 bits per heavy atom. The molecule has 0 atom stereocenters. The molecule has 0 radical (unpaired) electrons. The Bertz CT molecular complexity index is 570. The van der Waals surface area contributed by atoms with Crippen molar-refractivity contribution >= 4 is 16.8 Å². The van der Waals surface area contributed by atoms with Crippen molar-refractivity contribution < 1.29 is 0 Å². The molecular weight excluding hydrogens is 164 g/mol. The number of rotatable bonds is 0. The van der Waals surface area contributed by atoms with Gasteiger partial charge in [0.1, 0.15) is 5.52 Å². The monoisotopic (exact) mass is 170 g/mol. The fraction of sp³-hybridized carbons (Fsp3) is 0. The molecule has 0 N–H and O–H groups in total. The second-order valence-electron chi connectivity index (χ2n) is 2.76. The van der Waals surface area contributed by atoms with Gasteiger partial charge in [-0.3, -0.25) is 9.38 Å². The van der Waals surface area contributed by atoms with E-state index in [1.165, 1.54) is 0 Å². The third kappa shape index (κ3) is 0.823. The summed E-state index contributed by atoms with van der Waals surface area (Å²) >= 11 is 0. The van der Waals surface area contributed by atoms with Gasteiger partial charge in [0.15, 0.2) is 0 Å². The van der Waals surface area contributed by atoms with Crippen LogP contribution in [0.15, 0.2) is 36.9 Å². The van der Waals surface area contributed by atoms with Crippen molar-refractivity contribution in [2.24, 2.45) is 0 Å². The van der Waals surface area contributed by atoms with Crippen LogP contribution in [0.1, 0.15) is 0 Å². The SMILES string of the molecule is c1cnc2cnc3nccn3c2c1. The molecule has 0 aromatic carbocycles. The minimum absolute atomic E-state index is 0.709. The largest absolute Gasteiger partial charge is 0.282 e. The van der Waals surface area contributed by atoms with Gasteiger partial charge in [0.25, 0.3) is 0 Å². The molecule has 0 saturated carbocycles. The van der Waals surface area contributed by atoms with Crippen LogP contribution < -0.4 is 0 Å². The molecule has 3 aromatic rings. The quantitative estimate of drug-likeness (QED) is 0.510. The highest BCUT2D eigenvalue weighted by Crippen LogP contribution is 2.10. The Morgan fingerprint density at radius 1 is 1.08 bits per heavy atom. The van der Waals surface area contributed by atoms with E-state index >= 15 is 0 Å². The molecule has 0 unspecified atom stereocenters. The van der Waals surface area contributed by atoms with Gasteiger partial charge in [-0.1, -0.05) is 0 Å². The first-order valence-corrected chi connectivity index (χ1v) is 3.98. The van der Waals surface area contributed by atoms with Crippen molar-refractivity contribution in [3.63, 3.8) is 0 Å². The summed E-state index contributed by atoms with van der Waals surface area (Å²) < 4.78 is 1.92. The van der Waals surface area contributed by atoms with Crippen molar-refractivity contribution in [3.05, 3.63) is 36.9 Å². The lowest BCUT2D eigenvalue weighted by Gasteiger charge is -1.98. The van der Waals surface area contributed by atoms with E-state index in [0.29, 0.717) is 5.78 Å². The maximum atomic E-state index is 4.20. The lowest BCUT2D eigenvalue weighted by atomic mass is 10.4. The Hall–Kier alpha value is -1.97. The molecule has 0 aliphatic carbocycles. The molecule has 3 heterocycles. The third-order valence-corrected chi connectivity index (χ3v) is 2.00. The summed E-state index contributed by atoms with van der Waals surface area (Å²) in [6.07, 6.45) is 7.10. The van der Waals surface area contributed by atoms with Crippen LogP contribution >= 0.6 is 0 Å². The van der Waals surface area contributed by atoms with E-state index < -0.39 is 0 Å². The molecule has 0 amide bonds. The van der Waals surface area contributed by atoms with Crippen LogP contribution in [0.25, 0.3) is 16.8 Å². The molecule has 0 saturated heterocycles. The molecule has 0 aliphatic heterocycles. The van der Waals surface area contributed by atoms with Gasteiger partial charge in [0, 0.05) is 18.6 Å². The second kappa shape index (κ2) is 2.26. The maximum Gasteiger partial charge on any atom is 0.234 e. The molecule has 0 aliphatic rings. The number of nitrogens with zero attached hydrogens (tertiary/aromatic N) is 4. The summed E-state index contributed by atoms with van der Waals surface area (Å²) in [6, 6.07) is 3.90. The normalized spacial score (nSPS) is 11.1. The average molecular weight is 170 g/mol. The second-order valence-corrected chi connectivity index (χ2v) is 2.76. The fourth-order valence-corrected chi connectivity index (χ4v) is 1.41. The minimum atomic E-state index is 0.709. The number of hydrogen-bond acceptors (Lipinski definition) is 3. The standard InChI is InChI=1S/C9H6N4/c1-2-8-7(10-3-1)6-12-9-11-4-5-13(8)9/h1-6H. The molecular formula is C9H6N4. The molecule has 3 aromatic heterocycles. The van der Waals surface area contributed by atoms with Crippen molar-refractivity contribution in [1.82, 2.24) is 19.4 Å². The highest BCUT2D eigenvalue weighted by atomic mass is 15.1. The van der Waals surface area contributed by atoms with E-state index in [-0.39, 0.29) is 0 Å². The van der Waals surface area contributed by atoms with Crippen LogP contribution in [0.2, 0.25) is 0 Å². The van der Waals surface area contributed by atoms with E-state index in [1.807, 2.05) is 22.7 Å². The Morgan fingerprint density at radius 2 is 2.08 bits per heavy atom. The van der Waals surface area contributed by atoms with Gasteiger partial charge < -0.3 is 0 Å². The van der Waals surface area contributed by atoms with Crippen LogP contribution in [0.4, 0.5) is 0 Å². The van der Waals surface area contributed by atoms with Crippen LogP contribution in [-0.2, 0) is 0 Å². The third-order valence-electron chi connectivity index (χ3n) is 2.00. The fourth-order valence-electron chi connectivity index (χ4n) is 1.41. The number of hydrogen-bond donors (Lipinski definition) is 0. The Kier molecular flexibility index (Phi) is 1.14. The summed E-state index contributed by atoms with van der Waals surface area (Å²) in [5.74, 6) is 0.709. The first kappa shape index (κ1) is 6.54. The topological polar surface area (TPSA) is 43.1 Å². The van der Waals surface area contributed by atoms with E-state index in [4.69, 9.17) is 0 Å². The predicted molar refractivity (Wildman–Crippen MR) is 48.3 cm³/mol. The van der Waals surface area contributed by atoms with Crippen LogP contribution in [0, 0.1) is 0 Å². The van der Waals surface area contributed by atoms with Crippen molar-refractivity contribution in [2.75, 3.05) is 0 Å². The summed E-state index contributed by atoms with van der Waals surface area (Å²) in [5, 5.41) is 0. The van der Waals surface area contributed by atoms with E-state index in [1.54, 1.807) is 18.6 Å². The van der Waals surface area contributed by atoms with Gasteiger partial charge in [0.05, 0.1) is 11.7 Å². The molecule has 13 heavy (non-hydrogen) atoms. The van der Waals surface area contributed by atoms with Crippen LogP contribution in [0.5, 0.6) is 0 Å². The summed E-state index contributed by atoms with van der Waals surface area (Å²) in [7, 11) is 0. The molecule has 0 fully saturated rings. The molecule has 0 spiro atoms. The zero-order chi connectivity index (χ0) is 8.67. The zero-order valence-corrected chi connectivity index (χ0v) is 6.75. The highest BCUT2D eigenvalue weighted by molar-refractivity contribution is 5.75. The smallest absolute Gasteiger partial charge is 0.234 e. The van der Waals surface area contributed by atoms with Crippen molar-refractivity contribution in [3.8, 4) is 0 Å². The lowest BCUT2D eigenvalue weighted by Crippen LogP contribution is -1.91. The first-order chi connectivity index (χ1) is 6.45. The Labute approximate surface area is 73.9 Å². The van der Waals surface area contributed by atoms with Gasteiger partial charge in [-0.25, -0.2) is 9.97 Å². The summed E-state index contributed by atoms with van der Waals surface area (Å²) in [5.41, 5.74) is 1.91. The van der Waals surface area contributed by atoms with Crippen LogP contribution in [-0.4, -0.2) is 19.4 Å². The highest BCUT2D eigenvalue weighted by Gasteiger charge is 1.99. The molecule has 0 bridgehead atoms. The van der Waals surface area contributed by atoms with Crippen LogP contribution in [0.3, 0.4) is 0 Å². The van der Waals surface area contributed by atoms with Gasteiger partial charge in [-0.05, 0) is 12.1 Å². The van der Waals surface area contributed by atoms with Gasteiger partial charge in [0.2, 0.25) is 5.78 Å². The summed E-state index contributed by atoms with van der Waals surface area (Å²) in [4.78, 5) is 12.5. The molecule has 62 valence electrons. The van der Waals surface area contributed by atoms with E-state index in [2.05, 4.69) is 15.0 Å². The molecule has 3 rings (SSSR count). The first-order valence-electron chi connectivity index (χ1n) is 3.98. The summed E-state index contributed by atoms with van der Waals surface area (Å²) in [6.45, 7) is 0. The predicted octanol–water partition coefficient (Wildman–Crippen LogP) is 1.28. The minimum Gasteiger partial charge on any atom is -0.282 e. The van der Waals surface area contributed by atoms with Gasteiger partial charge >= 0.3 is 0 Å². The molecule has 4 nitrogen and oxygen atoms in total. The van der Waals surface area contributed by atoms with Crippen molar-refractivity contribution in [2.45, 2.75) is 0 Å². The zero-order valence-electron chi connectivity index (χ0n) is 6.75. The van der Waals surface area contributed by atoms with E-state index in [9.17, 15) is 0 Å². The van der Waals surface area contributed by atoms with Gasteiger partial charge in [-0.15, -0.1) is 0 Å². The van der Waals surface area contributed by atoms with Crippen molar-refractivity contribution in [1.29, 1.82) is 0 Å². The average Bonchev–Trinajstić information content (AvgIpc) is 2.65. The number of imidazole rings is 1. The van der Waals surface area contributed by atoms with E-state index in [0.717, 1.165) is 11.0 Å². The number of fused-ring (bicyclic) bond motifs is 3. The lowest BCUT2D eigenvalue weighted by molar-refractivity contribution is 1.15. The maximum absolute atomic E-state index is 4.20.